The fourth-order valence-corrected chi connectivity index (χ4v) is 4.62. The van der Waals surface area contributed by atoms with Gasteiger partial charge in [0.1, 0.15) is 5.82 Å². The number of piperidine rings is 1. The Morgan fingerprint density at radius 1 is 1.00 bits per heavy atom. The molecule has 28 heavy (non-hydrogen) atoms. The third kappa shape index (κ3) is 4.04. The highest BCUT2D eigenvalue weighted by molar-refractivity contribution is 5.95. The largest absolute Gasteiger partial charge is 0.378 e. The molecule has 0 bridgehead atoms. The van der Waals surface area contributed by atoms with E-state index in [0.29, 0.717) is 37.8 Å². The third-order valence-corrected chi connectivity index (χ3v) is 6.40. The summed E-state index contributed by atoms with van der Waals surface area (Å²) >= 11 is 0. The van der Waals surface area contributed by atoms with Gasteiger partial charge in [-0.1, -0.05) is 12.8 Å². The molecule has 0 radical (unpaired) electrons. The number of hydrogen-bond donors (Lipinski definition) is 0. The SMILES string of the molecule is Cc1nc(C2CCN(C(=O)C3CCCC3)CC2)ncc1C(=O)N1CCOCC1. The van der Waals surface area contributed by atoms with Gasteiger partial charge in [-0.25, -0.2) is 9.97 Å². The molecule has 2 saturated heterocycles. The Labute approximate surface area is 166 Å². The summed E-state index contributed by atoms with van der Waals surface area (Å²) in [5.41, 5.74) is 1.32. The molecule has 0 atom stereocenters. The van der Waals surface area contributed by atoms with Crippen LogP contribution in [0.3, 0.4) is 0 Å². The quantitative estimate of drug-likeness (QED) is 0.796. The van der Waals surface area contributed by atoms with E-state index in [1.54, 1.807) is 6.20 Å². The smallest absolute Gasteiger partial charge is 0.257 e. The van der Waals surface area contributed by atoms with Crippen LogP contribution in [0.5, 0.6) is 0 Å². The summed E-state index contributed by atoms with van der Waals surface area (Å²) in [7, 11) is 0. The summed E-state index contributed by atoms with van der Waals surface area (Å²) in [6, 6.07) is 0. The van der Waals surface area contributed by atoms with E-state index in [1.807, 2.05) is 16.7 Å². The summed E-state index contributed by atoms with van der Waals surface area (Å²) in [4.78, 5) is 38.4. The average molecular weight is 386 g/mol. The van der Waals surface area contributed by atoms with E-state index in [2.05, 4.69) is 9.97 Å². The highest BCUT2D eigenvalue weighted by Gasteiger charge is 2.31. The van der Waals surface area contributed by atoms with Crippen LogP contribution in [0, 0.1) is 12.8 Å². The molecule has 4 rings (SSSR count). The Bertz CT molecular complexity index is 718. The first kappa shape index (κ1) is 19.3. The van der Waals surface area contributed by atoms with Gasteiger partial charge in [-0.3, -0.25) is 9.59 Å². The number of aromatic nitrogens is 2. The van der Waals surface area contributed by atoms with Crippen LogP contribution in [0.2, 0.25) is 0 Å². The molecule has 3 heterocycles. The number of amides is 2. The Hall–Kier alpha value is -2.02. The van der Waals surface area contributed by atoms with Crippen LogP contribution in [0.25, 0.3) is 0 Å². The summed E-state index contributed by atoms with van der Waals surface area (Å²) in [5.74, 6) is 1.66. The second kappa shape index (κ2) is 8.55. The number of likely N-dealkylation sites (tertiary alicyclic amines) is 1. The zero-order valence-electron chi connectivity index (χ0n) is 16.7. The minimum Gasteiger partial charge on any atom is -0.378 e. The number of carbonyl (C=O) groups excluding carboxylic acids is 2. The van der Waals surface area contributed by atoms with Crippen molar-refractivity contribution in [3.05, 3.63) is 23.3 Å². The van der Waals surface area contributed by atoms with E-state index in [0.717, 1.165) is 50.3 Å². The number of carbonyl (C=O) groups is 2. The number of rotatable bonds is 3. The van der Waals surface area contributed by atoms with Crippen molar-refractivity contribution in [1.82, 2.24) is 19.8 Å². The van der Waals surface area contributed by atoms with Gasteiger partial charge in [-0.15, -0.1) is 0 Å². The molecule has 1 aromatic rings. The second-order valence-corrected chi connectivity index (χ2v) is 8.21. The number of nitrogens with zero attached hydrogens (tertiary/aromatic N) is 4. The highest BCUT2D eigenvalue weighted by atomic mass is 16.5. The molecule has 1 aliphatic carbocycles. The normalized spacial score (nSPS) is 21.9. The Morgan fingerprint density at radius 2 is 1.68 bits per heavy atom. The van der Waals surface area contributed by atoms with Crippen molar-refractivity contribution in [2.75, 3.05) is 39.4 Å². The summed E-state index contributed by atoms with van der Waals surface area (Å²) in [6.45, 7) is 5.87. The Kier molecular flexibility index (Phi) is 5.90. The lowest BCUT2D eigenvalue weighted by Gasteiger charge is -2.33. The second-order valence-electron chi connectivity index (χ2n) is 8.21. The Balaban J connectivity index is 1.37. The van der Waals surface area contributed by atoms with Gasteiger partial charge >= 0.3 is 0 Å². The van der Waals surface area contributed by atoms with Gasteiger partial charge in [0, 0.05) is 44.2 Å². The van der Waals surface area contributed by atoms with Crippen LogP contribution in [0.15, 0.2) is 6.20 Å². The van der Waals surface area contributed by atoms with Gasteiger partial charge in [0.2, 0.25) is 5.91 Å². The molecule has 7 nitrogen and oxygen atoms in total. The van der Waals surface area contributed by atoms with Gasteiger partial charge in [-0.05, 0) is 32.6 Å². The predicted octanol–water partition coefficient (Wildman–Crippen LogP) is 2.15. The van der Waals surface area contributed by atoms with Crippen LogP contribution in [0.4, 0.5) is 0 Å². The van der Waals surface area contributed by atoms with E-state index in [-0.39, 0.29) is 17.7 Å². The molecule has 0 unspecified atom stereocenters. The molecule has 0 N–H and O–H groups in total. The molecule has 1 saturated carbocycles. The van der Waals surface area contributed by atoms with Gasteiger partial charge < -0.3 is 14.5 Å². The molecule has 3 aliphatic rings. The lowest BCUT2D eigenvalue weighted by molar-refractivity contribution is -0.136. The maximum absolute atomic E-state index is 12.7. The molecule has 7 heteroatoms. The van der Waals surface area contributed by atoms with Gasteiger partial charge in [0.05, 0.1) is 24.5 Å². The fourth-order valence-electron chi connectivity index (χ4n) is 4.62. The van der Waals surface area contributed by atoms with Crippen molar-refractivity contribution in [3.8, 4) is 0 Å². The van der Waals surface area contributed by atoms with Crippen molar-refractivity contribution >= 4 is 11.8 Å². The van der Waals surface area contributed by atoms with E-state index < -0.39 is 0 Å². The predicted molar refractivity (Wildman–Crippen MR) is 104 cm³/mol. The van der Waals surface area contributed by atoms with E-state index >= 15 is 0 Å². The zero-order chi connectivity index (χ0) is 19.5. The minimum atomic E-state index is -0.00988. The van der Waals surface area contributed by atoms with Crippen LogP contribution in [0.1, 0.15) is 66.3 Å². The molecular formula is C21H30N4O3. The van der Waals surface area contributed by atoms with Crippen molar-refractivity contribution in [3.63, 3.8) is 0 Å². The summed E-state index contributed by atoms with van der Waals surface area (Å²) in [6.07, 6.45) is 7.97. The van der Waals surface area contributed by atoms with E-state index in [9.17, 15) is 9.59 Å². The highest BCUT2D eigenvalue weighted by Crippen LogP contribution is 2.31. The van der Waals surface area contributed by atoms with Gasteiger partial charge in [0.15, 0.2) is 0 Å². The first-order valence-corrected chi connectivity index (χ1v) is 10.6. The monoisotopic (exact) mass is 386 g/mol. The standard InChI is InChI=1S/C21H30N4O3/c1-15-18(21(27)25-10-12-28-13-11-25)14-22-19(23-15)16-6-8-24(9-7-16)20(26)17-4-2-3-5-17/h14,16-17H,2-13H2,1H3. The molecule has 2 amide bonds. The lowest BCUT2D eigenvalue weighted by Crippen LogP contribution is -2.41. The molecular weight excluding hydrogens is 356 g/mol. The lowest BCUT2D eigenvalue weighted by atomic mass is 9.94. The fraction of sp³-hybridized carbons (Fsp3) is 0.714. The van der Waals surface area contributed by atoms with Gasteiger partial charge in [-0.2, -0.15) is 0 Å². The average Bonchev–Trinajstić information content (AvgIpc) is 3.28. The number of morpholine rings is 1. The van der Waals surface area contributed by atoms with Crippen LogP contribution < -0.4 is 0 Å². The third-order valence-electron chi connectivity index (χ3n) is 6.40. The molecule has 2 aliphatic heterocycles. The van der Waals surface area contributed by atoms with E-state index in [1.165, 1.54) is 12.8 Å². The van der Waals surface area contributed by atoms with Crippen LogP contribution in [-0.2, 0) is 9.53 Å². The summed E-state index contributed by atoms with van der Waals surface area (Å²) in [5, 5.41) is 0. The zero-order valence-corrected chi connectivity index (χ0v) is 16.7. The number of hydrogen-bond acceptors (Lipinski definition) is 5. The number of ether oxygens (including phenoxy) is 1. The van der Waals surface area contributed by atoms with Gasteiger partial charge in [0.25, 0.3) is 5.91 Å². The number of aryl methyl sites for hydroxylation is 1. The molecule has 0 spiro atoms. The first-order valence-electron chi connectivity index (χ1n) is 10.6. The maximum Gasteiger partial charge on any atom is 0.257 e. The van der Waals surface area contributed by atoms with Crippen molar-refractivity contribution < 1.29 is 14.3 Å². The topological polar surface area (TPSA) is 75.6 Å². The molecule has 3 fully saturated rings. The summed E-state index contributed by atoms with van der Waals surface area (Å²) < 4.78 is 5.32. The first-order chi connectivity index (χ1) is 13.6. The maximum atomic E-state index is 12.7. The van der Waals surface area contributed by atoms with Crippen molar-refractivity contribution in [2.24, 2.45) is 5.92 Å². The molecule has 152 valence electrons. The van der Waals surface area contributed by atoms with E-state index in [4.69, 9.17) is 4.74 Å². The van der Waals surface area contributed by atoms with Crippen molar-refractivity contribution in [2.45, 2.75) is 51.4 Å². The minimum absolute atomic E-state index is 0.00988. The Morgan fingerprint density at radius 3 is 2.32 bits per heavy atom. The van der Waals surface area contributed by atoms with Crippen molar-refractivity contribution in [1.29, 1.82) is 0 Å². The van der Waals surface area contributed by atoms with Crippen LogP contribution in [-0.4, -0.2) is 71.0 Å². The molecule has 1 aromatic heterocycles. The molecule has 0 aromatic carbocycles. The van der Waals surface area contributed by atoms with Crippen LogP contribution >= 0.6 is 0 Å².